The van der Waals surface area contributed by atoms with Crippen LogP contribution in [-0.4, -0.2) is 37.1 Å². The summed E-state index contributed by atoms with van der Waals surface area (Å²) in [6, 6.07) is 0. The highest BCUT2D eigenvalue weighted by molar-refractivity contribution is 5.48. The highest BCUT2D eigenvalue weighted by atomic mass is 19.4. The van der Waals surface area contributed by atoms with Crippen LogP contribution in [0.2, 0.25) is 0 Å². The van der Waals surface area contributed by atoms with Crippen molar-refractivity contribution < 1.29 is 87.8 Å². The highest BCUT2D eigenvalue weighted by Crippen LogP contribution is 2.84. The summed E-state index contributed by atoms with van der Waals surface area (Å²) < 4.78 is 259. The van der Waals surface area contributed by atoms with Gasteiger partial charge in [0.25, 0.3) is 0 Å². The van der Waals surface area contributed by atoms with Crippen molar-refractivity contribution >= 4 is 0 Å². The second kappa shape index (κ2) is 7.29. The summed E-state index contributed by atoms with van der Waals surface area (Å²) in [7, 11) is 0. The van der Waals surface area contributed by atoms with Gasteiger partial charge in [-0.25, -0.2) is 8.78 Å². The number of hydrogen-bond acceptors (Lipinski definition) is 0. The molecular formula is C13H2F20. The third kappa shape index (κ3) is 4.44. The summed E-state index contributed by atoms with van der Waals surface area (Å²) >= 11 is 0. The van der Waals surface area contributed by atoms with E-state index >= 15 is 0 Å². The van der Waals surface area contributed by atoms with Crippen molar-refractivity contribution in [2.24, 2.45) is 10.8 Å². The zero-order chi connectivity index (χ0) is 27.0. The van der Waals surface area contributed by atoms with Crippen LogP contribution in [0.15, 0.2) is 22.8 Å². The van der Waals surface area contributed by atoms with Gasteiger partial charge in [0.1, 0.15) is 11.7 Å². The van der Waals surface area contributed by atoms with E-state index in [2.05, 4.69) is 0 Å². The molecule has 1 saturated carbocycles. The lowest BCUT2D eigenvalue weighted by Gasteiger charge is -2.31. The Labute approximate surface area is 166 Å². The molecule has 0 aromatic carbocycles. The molecule has 0 amide bonds. The van der Waals surface area contributed by atoms with E-state index in [9.17, 15) is 87.8 Å². The van der Waals surface area contributed by atoms with E-state index < -0.39 is 77.1 Å². The van der Waals surface area contributed by atoms with E-state index in [1.54, 1.807) is 0 Å². The van der Waals surface area contributed by atoms with Crippen LogP contribution >= 0.6 is 0 Å². The van der Waals surface area contributed by atoms with Crippen molar-refractivity contribution in [1.29, 1.82) is 0 Å². The Hall–Kier alpha value is -1.92. The summed E-state index contributed by atoms with van der Waals surface area (Å²) in [6.07, 6.45) is -47.9. The molecule has 0 N–H and O–H groups in total. The zero-order valence-corrected chi connectivity index (χ0v) is 14.3. The molecule has 1 aliphatic rings. The van der Waals surface area contributed by atoms with E-state index in [0.717, 1.165) is 0 Å². The fraction of sp³-hybridized carbons (Fsp3) is 0.692. The van der Waals surface area contributed by atoms with Gasteiger partial charge in [0.05, 0.1) is 5.41 Å². The minimum atomic E-state index is -7.38. The average Bonchev–Trinajstić information content (AvgIpc) is 3.12. The van der Waals surface area contributed by atoms with E-state index in [-0.39, 0.29) is 0 Å². The fourth-order valence-electron chi connectivity index (χ4n) is 3.07. The summed E-state index contributed by atoms with van der Waals surface area (Å²) in [6.45, 7) is 0. The molecule has 33 heavy (non-hydrogen) atoms. The Kier molecular flexibility index (Phi) is 6.43. The van der Waals surface area contributed by atoms with Gasteiger partial charge < -0.3 is 0 Å². The summed E-state index contributed by atoms with van der Waals surface area (Å²) in [5.74, 6) is -9.83. The number of rotatable bonds is 2. The zero-order valence-electron chi connectivity index (χ0n) is 14.3. The van der Waals surface area contributed by atoms with Crippen LogP contribution in [0.3, 0.4) is 0 Å². The molecule has 1 rings (SSSR count). The van der Waals surface area contributed by atoms with Gasteiger partial charge in [0.15, 0.2) is 16.6 Å². The molecule has 0 radical (unpaired) electrons. The molecule has 0 unspecified atom stereocenters. The van der Waals surface area contributed by atoms with Crippen LogP contribution in [-0.2, 0) is 0 Å². The molecule has 0 bridgehead atoms. The molecule has 0 spiro atoms. The first kappa shape index (κ1) is 29.1. The minimum absolute atomic E-state index is 3.75. The Morgan fingerprint density at radius 3 is 0.758 bits per heavy atom. The first-order chi connectivity index (χ1) is 14.0. The molecule has 0 aromatic heterocycles. The standard InChI is InChI=1S/C13H2F20/c14-4(2(8(16,17)18)9(19,20)21)6(1-7(6,12(28,29)30)13(31,32)33)5(15)3(10(22,23)24)11(25,26)27/h1H2. The molecule has 20 heteroatoms. The minimum Gasteiger partial charge on any atom is -0.210 e. The van der Waals surface area contributed by atoms with Gasteiger partial charge in [-0.15, -0.1) is 0 Å². The quantitative estimate of drug-likeness (QED) is 0.311. The monoisotopic (exact) mass is 538 g/mol. The third-order valence-corrected chi connectivity index (χ3v) is 4.42. The highest BCUT2D eigenvalue weighted by Gasteiger charge is 2.95. The molecule has 0 saturated heterocycles. The van der Waals surface area contributed by atoms with Crippen molar-refractivity contribution in [2.75, 3.05) is 0 Å². The Morgan fingerprint density at radius 1 is 0.424 bits per heavy atom. The molecule has 0 heterocycles. The molecule has 0 atom stereocenters. The second-order valence-electron chi connectivity index (χ2n) is 6.35. The number of halogens is 20. The fourth-order valence-corrected chi connectivity index (χ4v) is 3.07. The van der Waals surface area contributed by atoms with Gasteiger partial charge in [0.2, 0.25) is 0 Å². The normalized spacial score (nSPS) is 19.3. The van der Waals surface area contributed by atoms with Gasteiger partial charge >= 0.3 is 37.1 Å². The van der Waals surface area contributed by atoms with Crippen LogP contribution in [0, 0.1) is 10.8 Å². The maximum absolute atomic E-state index is 14.3. The van der Waals surface area contributed by atoms with Gasteiger partial charge in [-0.05, 0) is 6.42 Å². The first-order valence-electron chi connectivity index (χ1n) is 7.24. The first-order valence-corrected chi connectivity index (χ1v) is 7.24. The molecule has 0 nitrogen and oxygen atoms in total. The second-order valence-corrected chi connectivity index (χ2v) is 6.35. The van der Waals surface area contributed by atoms with Crippen molar-refractivity contribution in [2.45, 2.75) is 43.5 Å². The van der Waals surface area contributed by atoms with E-state index in [4.69, 9.17) is 0 Å². The van der Waals surface area contributed by atoms with Gasteiger partial charge in [0, 0.05) is 0 Å². The summed E-state index contributed by atoms with van der Waals surface area (Å²) in [5, 5.41) is 0. The van der Waals surface area contributed by atoms with E-state index in [1.165, 1.54) is 0 Å². The maximum atomic E-state index is 14.3. The van der Waals surface area contributed by atoms with E-state index in [0.29, 0.717) is 0 Å². The lowest BCUT2D eigenvalue weighted by molar-refractivity contribution is -0.311. The van der Waals surface area contributed by atoms with Crippen LogP contribution in [0.1, 0.15) is 6.42 Å². The van der Waals surface area contributed by atoms with Gasteiger partial charge in [-0.2, -0.15) is 79.0 Å². The lowest BCUT2D eigenvalue weighted by atomic mass is 9.84. The summed E-state index contributed by atoms with van der Waals surface area (Å²) in [4.78, 5) is 0. The molecule has 1 aliphatic carbocycles. The largest absolute Gasteiger partial charge is 0.423 e. The molecular weight excluding hydrogens is 536 g/mol. The van der Waals surface area contributed by atoms with Crippen molar-refractivity contribution in [3.05, 3.63) is 22.8 Å². The predicted octanol–water partition coefficient (Wildman–Crippen LogP) is 8.18. The third-order valence-electron chi connectivity index (χ3n) is 4.42. The van der Waals surface area contributed by atoms with Gasteiger partial charge in [-0.1, -0.05) is 0 Å². The maximum Gasteiger partial charge on any atom is 0.423 e. The molecule has 194 valence electrons. The number of alkyl halides is 18. The van der Waals surface area contributed by atoms with Crippen LogP contribution < -0.4 is 0 Å². The topological polar surface area (TPSA) is 0 Å². The van der Waals surface area contributed by atoms with E-state index in [1.807, 2.05) is 0 Å². The number of hydrogen-bond donors (Lipinski definition) is 0. The Balaban J connectivity index is 4.48. The smallest absolute Gasteiger partial charge is 0.210 e. The van der Waals surface area contributed by atoms with Crippen molar-refractivity contribution in [3.63, 3.8) is 0 Å². The van der Waals surface area contributed by atoms with Crippen molar-refractivity contribution in [1.82, 2.24) is 0 Å². The Morgan fingerprint density at radius 2 is 0.636 bits per heavy atom. The Bertz CT molecular complexity index is 734. The average molecular weight is 538 g/mol. The van der Waals surface area contributed by atoms with Crippen LogP contribution in [0.25, 0.3) is 0 Å². The van der Waals surface area contributed by atoms with Gasteiger partial charge in [-0.3, -0.25) is 0 Å². The van der Waals surface area contributed by atoms with Crippen molar-refractivity contribution in [3.8, 4) is 0 Å². The van der Waals surface area contributed by atoms with Crippen LogP contribution in [0.4, 0.5) is 87.8 Å². The molecule has 0 aromatic rings. The predicted molar refractivity (Wildman–Crippen MR) is 62.1 cm³/mol. The lowest BCUT2D eigenvalue weighted by Crippen LogP contribution is -2.45. The molecule has 1 fully saturated rings. The summed E-state index contributed by atoms with van der Waals surface area (Å²) in [5.41, 5.74) is -22.9. The molecule has 0 aliphatic heterocycles. The number of allylic oxidation sites excluding steroid dienone is 4. The SMILES string of the molecule is FC(=C(C(F)(F)F)C(F)(F)F)C1(C(F)=C(C(F)(F)F)C(F)(F)F)CC1(C(F)(F)F)C(F)(F)F. The van der Waals surface area contributed by atoms with Crippen LogP contribution in [0.5, 0.6) is 0 Å².